The first-order chi connectivity index (χ1) is 10.3. The minimum Gasteiger partial charge on any atom is -0.496 e. The van der Waals surface area contributed by atoms with Crippen LogP contribution < -0.4 is 4.74 Å². The molecule has 0 saturated carbocycles. The molecule has 0 aromatic heterocycles. The van der Waals surface area contributed by atoms with Gasteiger partial charge in [-0.05, 0) is 32.5 Å². The first-order valence-corrected chi connectivity index (χ1v) is 9.26. The van der Waals surface area contributed by atoms with Crippen LogP contribution >= 0.6 is 15.9 Å². The van der Waals surface area contributed by atoms with Crippen molar-refractivity contribution in [2.75, 3.05) is 26.0 Å². The van der Waals surface area contributed by atoms with Gasteiger partial charge in [-0.2, -0.15) is 0 Å². The SMILES string of the molecule is COc1ccccc1CN(C)CCCCCCCCCBr. The van der Waals surface area contributed by atoms with Crippen molar-refractivity contribution in [3.05, 3.63) is 29.8 Å². The van der Waals surface area contributed by atoms with E-state index in [9.17, 15) is 0 Å². The van der Waals surface area contributed by atoms with Gasteiger partial charge in [0.2, 0.25) is 0 Å². The van der Waals surface area contributed by atoms with Crippen LogP contribution in [0.4, 0.5) is 0 Å². The van der Waals surface area contributed by atoms with Crippen LogP contribution in [0.15, 0.2) is 24.3 Å². The Morgan fingerprint density at radius 2 is 1.57 bits per heavy atom. The summed E-state index contributed by atoms with van der Waals surface area (Å²) in [7, 11) is 3.94. The fraction of sp³-hybridized carbons (Fsp3) is 0.667. The highest BCUT2D eigenvalue weighted by Crippen LogP contribution is 2.19. The first kappa shape index (κ1) is 18.5. The normalized spacial score (nSPS) is 11.0. The minimum absolute atomic E-state index is 0.968. The Morgan fingerprint density at radius 3 is 2.24 bits per heavy atom. The Labute approximate surface area is 139 Å². The summed E-state index contributed by atoms with van der Waals surface area (Å²) in [5.74, 6) is 0.996. The van der Waals surface area contributed by atoms with Crippen molar-refractivity contribution < 1.29 is 4.74 Å². The fourth-order valence-electron chi connectivity index (χ4n) is 2.56. The second-order valence-corrected chi connectivity index (χ2v) is 6.51. The van der Waals surface area contributed by atoms with E-state index in [4.69, 9.17) is 4.74 Å². The Kier molecular flexibility index (Phi) is 10.6. The van der Waals surface area contributed by atoms with Gasteiger partial charge in [-0.15, -0.1) is 0 Å². The molecule has 3 heteroatoms. The zero-order chi connectivity index (χ0) is 15.3. The molecule has 0 unspecified atom stereocenters. The number of halogens is 1. The van der Waals surface area contributed by atoms with E-state index in [0.29, 0.717) is 0 Å². The van der Waals surface area contributed by atoms with Crippen LogP contribution in [-0.2, 0) is 6.54 Å². The van der Waals surface area contributed by atoms with Gasteiger partial charge in [0.1, 0.15) is 5.75 Å². The second-order valence-electron chi connectivity index (χ2n) is 5.71. The molecule has 1 aromatic rings. The third-order valence-corrected chi connectivity index (χ3v) is 4.37. The van der Waals surface area contributed by atoms with Crippen LogP contribution in [0.25, 0.3) is 0 Å². The van der Waals surface area contributed by atoms with Crippen LogP contribution in [-0.4, -0.2) is 30.9 Å². The lowest BCUT2D eigenvalue weighted by Gasteiger charge is -2.18. The number of unbranched alkanes of at least 4 members (excludes halogenated alkanes) is 6. The monoisotopic (exact) mass is 355 g/mol. The Balaban J connectivity index is 2.10. The summed E-state index contributed by atoms with van der Waals surface area (Å²) >= 11 is 3.48. The summed E-state index contributed by atoms with van der Waals surface area (Å²) in [6.45, 7) is 2.13. The molecular weight excluding hydrogens is 326 g/mol. The molecule has 1 rings (SSSR count). The zero-order valence-electron chi connectivity index (χ0n) is 13.6. The summed E-state index contributed by atoms with van der Waals surface area (Å²) in [4.78, 5) is 2.39. The second kappa shape index (κ2) is 12.0. The van der Waals surface area contributed by atoms with Gasteiger partial charge in [0.15, 0.2) is 0 Å². The first-order valence-electron chi connectivity index (χ1n) is 8.14. The molecule has 0 bridgehead atoms. The van der Waals surface area contributed by atoms with Gasteiger partial charge in [0.25, 0.3) is 0 Å². The highest BCUT2D eigenvalue weighted by atomic mass is 79.9. The summed E-state index contributed by atoms with van der Waals surface area (Å²) in [6.07, 6.45) is 9.51. The van der Waals surface area contributed by atoms with E-state index in [1.54, 1.807) is 7.11 Å². The van der Waals surface area contributed by atoms with Crippen molar-refractivity contribution >= 4 is 15.9 Å². The van der Waals surface area contributed by atoms with Gasteiger partial charge in [-0.1, -0.05) is 66.2 Å². The van der Waals surface area contributed by atoms with Gasteiger partial charge in [0, 0.05) is 17.4 Å². The van der Waals surface area contributed by atoms with Gasteiger partial charge in [-0.3, -0.25) is 0 Å². The largest absolute Gasteiger partial charge is 0.496 e. The van der Waals surface area contributed by atoms with Crippen molar-refractivity contribution in [2.45, 2.75) is 51.5 Å². The quantitative estimate of drug-likeness (QED) is 0.374. The van der Waals surface area contributed by atoms with E-state index in [0.717, 1.165) is 17.6 Å². The lowest BCUT2D eigenvalue weighted by atomic mass is 10.1. The van der Waals surface area contributed by atoms with Crippen LogP contribution in [0, 0.1) is 0 Å². The van der Waals surface area contributed by atoms with E-state index in [1.807, 2.05) is 12.1 Å². The van der Waals surface area contributed by atoms with Crippen molar-refractivity contribution in [2.24, 2.45) is 0 Å². The van der Waals surface area contributed by atoms with Crippen LogP contribution in [0.3, 0.4) is 0 Å². The molecule has 0 aliphatic rings. The van der Waals surface area contributed by atoms with Crippen LogP contribution in [0.2, 0.25) is 0 Å². The van der Waals surface area contributed by atoms with E-state index < -0.39 is 0 Å². The van der Waals surface area contributed by atoms with Gasteiger partial charge < -0.3 is 9.64 Å². The topological polar surface area (TPSA) is 12.5 Å². The number of rotatable bonds is 12. The average molecular weight is 356 g/mol. The molecule has 0 heterocycles. The molecule has 0 spiro atoms. The molecule has 120 valence electrons. The highest BCUT2D eigenvalue weighted by Gasteiger charge is 2.05. The summed E-state index contributed by atoms with van der Waals surface area (Å²) in [5.41, 5.74) is 1.28. The van der Waals surface area contributed by atoms with Crippen molar-refractivity contribution in [3.63, 3.8) is 0 Å². The maximum Gasteiger partial charge on any atom is 0.123 e. The molecule has 0 aliphatic carbocycles. The minimum atomic E-state index is 0.968. The summed E-state index contributed by atoms with van der Waals surface area (Å²) in [5, 5.41) is 1.15. The maximum absolute atomic E-state index is 5.41. The number of methoxy groups -OCH3 is 1. The number of benzene rings is 1. The van der Waals surface area contributed by atoms with Crippen molar-refractivity contribution in [1.29, 1.82) is 0 Å². The number of nitrogens with zero attached hydrogens (tertiary/aromatic N) is 1. The average Bonchev–Trinajstić information content (AvgIpc) is 2.50. The molecule has 0 aliphatic heterocycles. The Hall–Kier alpha value is -0.540. The molecule has 0 N–H and O–H groups in total. The van der Waals surface area contributed by atoms with E-state index in [2.05, 4.69) is 40.0 Å². The molecule has 0 fully saturated rings. The predicted octanol–water partition coefficient (Wildman–Crippen LogP) is 5.25. The number of ether oxygens (including phenoxy) is 1. The number of para-hydroxylation sites is 1. The smallest absolute Gasteiger partial charge is 0.123 e. The highest BCUT2D eigenvalue weighted by molar-refractivity contribution is 9.09. The van der Waals surface area contributed by atoms with Crippen molar-refractivity contribution in [3.8, 4) is 5.75 Å². The Morgan fingerprint density at radius 1 is 0.952 bits per heavy atom. The Bertz CT molecular complexity index is 370. The molecule has 0 saturated heterocycles. The van der Waals surface area contributed by atoms with Gasteiger partial charge >= 0.3 is 0 Å². The molecule has 0 amide bonds. The zero-order valence-corrected chi connectivity index (χ0v) is 15.2. The molecule has 2 nitrogen and oxygen atoms in total. The van der Waals surface area contributed by atoms with E-state index >= 15 is 0 Å². The summed E-state index contributed by atoms with van der Waals surface area (Å²) < 4.78 is 5.41. The molecular formula is C18H30BrNO. The van der Waals surface area contributed by atoms with Gasteiger partial charge in [0.05, 0.1) is 7.11 Å². The summed E-state index contributed by atoms with van der Waals surface area (Å²) in [6, 6.07) is 8.30. The lowest BCUT2D eigenvalue weighted by Crippen LogP contribution is -2.19. The van der Waals surface area contributed by atoms with E-state index in [-0.39, 0.29) is 0 Å². The number of hydrogen-bond donors (Lipinski definition) is 0. The van der Waals surface area contributed by atoms with Crippen molar-refractivity contribution in [1.82, 2.24) is 4.90 Å². The lowest BCUT2D eigenvalue weighted by molar-refractivity contribution is 0.308. The third-order valence-electron chi connectivity index (χ3n) is 3.81. The third kappa shape index (κ3) is 8.47. The molecule has 1 aromatic carbocycles. The molecule has 21 heavy (non-hydrogen) atoms. The van der Waals surface area contributed by atoms with Gasteiger partial charge in [-0.25, -0.2) is 0 Å². The standard InChI is InChI=1S/C18H30BrNO/c1-20(15-11-7-5-3-4-6-10-14-19)16-17-12-8-9-13-18(17)21-2/h8-9,12-13H,3-7,10-11,14-16H2,1-2H3. The predicted molar refractivity (Wildman–Crippen MR) is 95.4 cm³/mol. The molecule has 0 radical (unpaired) electrons. The fourth-order valence-corrected chi connectivity index (χ4v) is 2.96. The van der Waals surface area contributed by atoms with Crippen LogP contribution in [0.5, 0.6) is 5.75 Å². The van der Waals surface area contributed by atoms with E-state index in [1.165, 1.54) is 57.1 Å². The number of alkyl halides is 1. The van der Waals surface area contributed by atoms with Crippen LogP contribution in [0.1, 0.15) is 50.5 Å². The maximum atomic E-state index is 5.41. The molecule has 0 atom stereocenters. The number of hydrogen-bond acceptors (Lipinski definition) is 2.